The molecular formula is C18H25N3. The molecule has 112 valence electrons. The summed E-state index contributed by atoms with van der Waals surface area (Å²) in [6.07, 6.45) is 1.78. The molecule has 0 saturated carbocycles. The van der Waals surface area contributed by atoms with Crippen molar-refractivity contribution in [2.45, 2.75) is 41.5 Å². The molecule has 0 unspecified atom stereocenters. The Balaban J connectivity index is 0.000000510. The maximum atomic E-state index is 4.57. The zero-order valence-corrected chi connectivity index (χ0v) is 13.9. The number of fused-ring (bicyclic) bond motifs is 1. The van der Waals surface area contributed by atoms with Gasteiger partial charge in [0.25, 0.3) is 0 Å². The molecule has 0 saturated heterocycles. The van der Waals surface area contributed by atoms with Crippen molar-refractivity contribution in [3.8, 4) is 11.1 Å². The molecule has 21 heavy (non-hydrogen) atoms. The van der Waals surface area contributed by atoms with Crippen molar-refractivity contribution in [3.05, 3.63) is 54.0 Å². The molecular weight excluding hydrogens is 258 g/mol. The molecule has 0 fully saturated rings. The van der Waals surface area contributed by atoms with Crippen LogP contribution in [0.1, 0.15) is 39.1 Å². The summed E-state index contributed by atoms with van der Waals surface area (Å²) in [4.78, 5) is 4.57. The van der Waals surface area contributed by atoms with Gasteiger partial charge < -0.3 is 0 Å². The minimum absolute atomic E-state index is 0.902. The minimum atomic E-state index is 0.902. The molecule has 0 N–H and O–H groups in total. The first-order valence-electron chi connectivity index (χ1n) is 7.64. The van der Waals surface area contributed by atoms with Crippen molar-refractivity contribution in [2.75, 3.05) is 0 Å². The molecule has 3 nitrogen and oxygen atoms in total. The predicted octanol–water partition coefficient (Wildman–Crippen LogP) is 5.07. The molecule has 0 bridgehead atoms. The zero-order valence-electron chi connectivity index (χ0n) is 13.9. The molecule has 0 aliphatic carbocycles. The van der Waals surface area contributed by atoms with Crippen LogP contribution in [0.15, 0.2) is 42.6 Å². The summed E-state index contributed by atoms with van der Waals surface area (Å²) >= 11 is 0. The van der Waals surface area contributed by atoms with Crippen LogP contribution in [0, 0.1) is 13.8 Å². The number of hydrogen-bond donors (Lipinski definition) is 0. The average Bonchev–Trinajstić information content (AvgIpc) is 3.01. The number of nitrogens with zero attached hydrogens (tertiary/aromatic N) is 3. The van der Waals surface area contributed by atoms with Gasteiger partial charge in [0.15, 0.2) is 5.65 Å². The van der Waals surface area contributed by atoms with Gasteiger partial charge in [-0.05, 0) is 19.4 Å². The van der Waals surface area contributed by atoms with Crippen molar-refractivity contribution in [2.24, 2.45) is 0 Å². The second-order valence-corrected chi connectivity index (χ2v) is 4.12. The second kappa shape index (κ2) is 8.20. The monoisotopic (exact) mass is 283 g/mol. The second-order valence-electron chi connectivity index (χ2n) is 4.12. The lowest BCUT2D eigenvalue weighted by molar-refractivity contribution is 0.889. The van der Waals surface area contributed by atoms with Crippen LogP contribution in [0.25, 0.3) is 16.8 Å². The summed E-state index contributed by atoms with van der Waals surface area (Å²) in [5, 5.41) is 4.30. The highest BCUT2D eigenvalue weighted by molar-refractivity contribution is 5.69. The normalized spacial score (nSPS) is 9.43. The van der Waals surface area contributed by atoms with Crippen LogP contribution < -0.4 is 0 Å². The van der Waals surface area contributed by atoms with Crippen LogP contribution in [-0.4, -0.2) is 14.6 Å². The van der Waals surface area contributed by atoms with Crippen molar-refractivity contribution in [1.29, 1.82) is 0 Å². The van der Waals surface area contributed by atoms with E-state index in [4.69, 9.17) is 0 Å². The Morgan fingerprint density at radius 3 is 2.10 bits per heavy atom. The highest BCUT2D eigenvalue weighted by Gasteiger charge is 2.11. The molecule has 3 heteroatoms. The number of benzene rings is 1. The van der Waals surface area contributed by atoms with Gasteiger partial charge in [0, 0.05) is 17.3 Å². The summed E-state index contributed by atoms with van der Waals surface area (Å²) in [7, 11) is 0. The van der Waals surface area contributed by atoms with E-state index in [0.29, 0.717) is 0 Å². The third-order valence-corrected chi connectivity index (χ3v) is 3.01. The van der Waals surface area contributed by atoms with Crippen molar-refractivity contribution in [3.63, 3.8) is 0 Å². The molecule has 0 amide bonds. The SMILES string of the molecule is CC.CC.Cc1nc2ccnn2c(C)c1-c1ccccc1. The van der Waals surface area contributed by atoms with E-state index in [2.05, 4.69) is 29.1 Å². The number of aromatic nitrogens is 3. The molecule has 2 heterocycles. The van der Waals surface area contributed by atoms with Crippen LogP contribution in [0.5, 0.6) is 0 Å². The van der Waals surface area contributed by atoms with Crippen LogP contribution >= 0.6 is 0 Å². The van der Waals surface area contributed by atoms with Gasteiger partial charge in [-0.15, -0.1) is 0 Å². The standard InChI is InChI=1S/C14H13N3.2C2H6/c1-10-14(12-6-4-3-5-7-12)11(2)17-13(16-10)8-9-15-17;2*1-2/h3-9H,1-2H3;2*1-2H3. The Bertz CT molecular complexity index is 669. The molecule has 0 aliphatic heterocycles. The number of aryl methyl sites for hydroxylation is 2. The molecule has 2 aromatic heterocycles. The van der Waals surface area contributed by atoms with E-state index in [0.717, 1.165) is 17.0 Å². The van der Waals surface area contributed by atoms with Crippen molar-refractivity contribution >= 4 is 5.65 Å². The first-order valence-corrected chi connectivity index (χ1v) is 7.64. The molecule has 0 aliphatic rings. The summed E-state index contributed by atoms with van der Waals surface area (Å²) in [5.41, 5.74) is 5.43. The van der Waals surface area contributed by atoms with Gasteiger partial charge in [0.2, 0.25) is 0 Å². The fourth-order valence-electron chi connectivity index (χ4n) is 2.26. The van der Waals surface area contributed by atoms with Gasteiger partial charge >= 0.3 is 0 Å². The van der Waals surface area contributed by atoms with Crippen molar-refractivity contribution < 1.29 is 0 Å². The summed E-state index contributed by atoms with van der Waals surface area (Å²) in [5.74, 6) is 0. The Kier molecular flexibility index (Phi) is 6.60. The predicted molar refractivity (Wildman–Crippen MR) is 90.6 cm³/mol. The van der Waals surface area contributed by atoms with Gasteiger partial charge in [-0.25, -0.2) is 9.50 Å². The Hall–Kier alpha value is -2.16. The zero-order chi connectivity index (χ0) is 15.8. The van der Waals surface area contributed by atoms with E-state index in [-0.39, 0.29) is 0 Å². The first-order chi connectivity index (χ1) is 10.3. The number of hydrogen-bond acceptors (Lipinski definition) is 2. The highest BCUT2D eigenvalue weighted by atomic mass is 15.2. The minimum Gasteiger partial charge on any atom is -0.233 e. The van der Waals surface area contributed by atoms with E-state index in [9.17, 15) is 0 Å². The maximum Gasteiger partial charge on any atom is 0.155 e. The van der Waals surface area contributed by atoms with Crippen LogP contribution in [0.3, 0.4) is 0 Å². The van der Waals surface area contributed by atoms with Gasteiger partial charge in [-0.1, -0.05) is 58.0 Å². The Morgan fingerprint density at radius 1 is 0.857 bits per heavy atom. The third-order valence-electron chi connectivity index (χ3n) is 3.01. The summed E-state index contributed by atoms with van der Waals surface area (Å²) in [6.45, 7) is 12.1. The van der Waals surface area contributed by atoms with E-state index in [1.807, 2.05) is 63.4 Å². The maximum absolute atomic E-state index is 4.57. The lowest BCUT2D eigenvalue weighted by atomic mass is 10.0. The molecule has 1 aromatic carbocycles. The van der Waals surface area contributed by atoms with Crippen LogP contribution in [-0.2, 0) is 0 Å². The highest BCUT2D eigenvalue weighted by Crippen LogP contribution is 2.26. The lowest BCUT2D eigenvalue weighted by Gasteiger charge is -2.10. The van der Waals surface area contributed by atoms with Crippen LogP contribution in [0.2, 0.25) is 0 Å². The van der Waals surface area contributed by atoms with Gasteiger partial charge in [0.1, 0.15) is 0 Å². The molecule has 3 rings (SSSR count). The third kappa shape index (κ3) is 3.48. The number of rotatable bonds is 1. The average molecular weight is 283 g/mol. The largest absolute Gasteiger partial charge is 0.233 e. The van der Waals surface area contributed by atoms with E-state index < -0.39 is 0 Å². The molecule has 0 spiro atoms. The van der Waals surface area contributed by atoms with Gasteiger partial charge in [-0.2, -0.15) is 5.10 Å². The first kappa shape index (κ1) is 16.9. The molecule has 3 aromatic rings. The van der Waals surface area contributed by atoms with E-state index in [1.54, 1.807) is 6.20 Å². The van der Waals surface area contributed by atoms with Crippen molar-refractivity contribution in [1.82, 2.24) is 14.6 Å². The molecule has 0 radical (unpaired) electrons. The van der Waals surface area contributed by atoms with E-state index >= 15 is 0 Å². The molecule has 0 atom stereocenters. The Labute approximate surface area is 127 Å². The lowest BCUT2D eigenvalue weighted by Crippen LogP contribution is -2.01. The fraction of sp³-hybridized carbons (Fsp3) is 0.333. The van der Waals surface area contributed by atoms with Gasteiger partial charge in [-0.3, -0.25) is 0 Å². The summed E-state index contributed by atoms with van der Waals surface area (Å²) in [6, 6.07) is 12.2. The smallest absolute Gasteiger partial charge is 0.155 e. The fourth-order valence-corrected chi connectivity index (χ4v) is 2.26. The van der Waals surface area contributed by atoms with Crippen LogP contribution in [0.4, 0.5) is 0 Å². The topological polar surface area (TPSA) is 30.2 Å². The quantitative estimate of drug-likeness (QED) is 0.624. The Morgan fingerprint density at radius 2 is 1.48 bits per heavy atom. The van der Waals surface area contributed by atoms with E-state index in [1.165, 1.54) is 11.1 Å². The van der Waals surface area contributed by atoms with Gasteiger partial charge in [0.05, 0.1) is 11.9 Å². The summed E-state index contributed by atoms with van der Waals surface area (Å²) < 4.78 is 1.88.